The summed E-state index contributed by atoms with van der Waals surface area (Å²) in [6.45, 7) is 6.46. The lowest BCUT2D eigenvalue weighted by Crippen LogP contribution is -2.50. The Kier molecular flexibility index (Phi) is 7.60. The Morgan fingerprint density at radius 3 is 2.40 bits per heavy atom. The molecule has 0 bridgehead atoms. The molecule has 2 heterocycles. The number of aryl methyl sites for hydroxylation is 1. The van der Waals surface area contributed by atoms with Crippen LogP contribution in [-0.4, -0.2) is 74.6 Å². The summed E-state index contributed by atoms with van der Waals surface area (Å²) in [5, 5.41) is 30.9. The second kappa shape index (κ2) is 11.0. The normalized spacial score (nSPS) is 15.9. The quantitative estimate of drug-likeness (QED) is 0.296. The molecule has 2 amide bonds. The highest BCUT2D eigenvalue weighted by molar-refractivity contribution is 6.09. The number of amides is 2. The fraction of sp³-hybridized carbons (Fsp3) is 0.483. The molecular weight excluding hydrogens is 544 g/mol. The molecule has 2 aliphatic rings. The Labute approximate surface area is 243 Å². The molecule has 2 N–H and O–H groups in total. The Balaban J connectivity index is 1.34. The van der Waals surface area contributed by atoms with Crippen molar-refractivity contribution in [2.24, 2.45) is 7.05 Å². The molecule has 1 aromatic heterocycles. The van der Waals surface area contributed by atoms with Crippen molar-refractivity contribution < 1.29 is 29.1 Å². The van der Waals surface area contributed by atoms with E-state index in [2.05, 4.69) is 10.4 Å². The van der Waals surface area contributed by atoms with Gasteiger partial charge in [0.25, 0.3) is 5.91 Å². The summed E-state index contributed by atoms with van der Waals surface area (Å²) in [5.74, 6) is -0.999. The van der Waals surface area contributed by atoms with Gasteiger partial charge >= 0.3 is 11.8 Å². The number of phenolic OH excluding ortho intramolecular Hbond substituents is 1. The second-order valence-corrected chi connectivity index (χ2v) is 11.8. The van der Waals surface area contributed by atoms with E-state index in [1.807, 2.05) is 30.6 Å². The summed E-state index contributed by atoms with van der Waals surface area (Å²) in [6.07, 6.45) is 4.56. The van der Waals surface area contributed by atoms with Gasteiger partial charge in [-0.05, 0) is 64.7 Å². The molecule has 13 nitrogen and oxygen atoms in total. The third kappa shape index (κ3) is 5.90. The summed E-state index contributed by atoms with van der Waals surface area (Å²) in [5.41, 5.74) is -0.318. The first-order valence-corrected chi connectivity index (χ1v) is 14.0. The van der Waals surface area contributed by atoms with Gasteiger partial charge in [0.1, 0.15) is 16.9 Å². The Hall–Kier alpha value is -4.55. The van der Waals surface area contributed by atoms with E-state index < -0.39 is 27.9 Å². The molecule has 5 rings (SSSR count). The van der Waals surface area contributed by atoms with Gasteiger partial charge < -0.3 is 29.7 Å². The van der Waals surface area contributed by atoms with Crippen LogP contribution in [-0.2, 0) is 11.8 Å². The monoisotopic (exact) mass is 580 g/mol. The first kappa shape index (κ1) is 29.0. The number of aromatic hydroxyl groups is 1. The van der Waals surface area contributed by atoms with Crippen molar-refractivity contribution in [3.05, 3.63) is 46.1 Å². The van der Waals surface area contributed by atoms with Crippen LogP contribution < -0.4 is 15.0 Å². The molecule has 224 valence electrons. The molecule has 0 radical (unpaired) electrons. The number of aromatic nitrogens is 2. The third-order valence-corrected chi connectivity index (χ3v) is 7.49. The summed E-state index contributed by atoms with van der Waals surface area (Å²) >= 11 is 0. The summed E-state index contributed by atoms with van der Waals surface area (Å²) in [6, 6.07) is 6.34. The average Bonchev–Trinajstić information content (AvgIpc) is 3.67. The number of anilines is 2. The molecule has 1 aliphatic heterocycles. The largest absolute Gasteiger partial charge is 0.501 e. The van der Waals surface area contributed by atoms with E-state index in [4.69, 9.17) is 9.47 Å². The van der Waals surface area contributed by atoms with Crippen molar-refractivity contribution in [2.75, 3.05) is 30.4 Å². The average molecular weight is 581 g/mol. The number of carbonyl (C=O) groups excluding carboxylic acids is 2. The van der Waals surface area contributed by atoms with E-state index >= 15 is 0 Å². The van der Waals surface area contributed by atoms with E-state index in [1.54, 1.807) is 30.1 Å². The molecule has 3 aromatic rings. The van der Waals surface area contributed by atoms with E-state index in [0.29, 0.717) is 42.9 Å². The molecule has 42 heavy (non-hydrogen) atoms. The molecule has 1 saturated heterocycles. The molecular formula is C29H36N6O7. The Morgan fingerprint density at radius 1 is 1.14 bits per heavy atom. The van der Waals surface area contributed by atoms with Gasteiger partial charge in [-0.2, -0.15) is 5.10 Å². The number of rotatable bonds is 7. The van der Waals surface area contributed by atoms with E-state index in [-0.39, 0.29) is 29.4 Å². The van der Waals surface area contributed by atoms with Crippen molar-refractivity contribution in [3.8, 4) is 11.5 Å². The van der Waals surface area contributed by atoms with Gasteiger partial charge in [0.15, 0.2) is 0 Å². The van der Waals surface area contributed by atoms with Gasteiger partial charge in [-0.3, -0.25) is 19.6 Å². The number of hydrogen-bond acceptors (Lipinski definition) is 9. The highest BCUT2D eigenvalue weighted by atomic mass is 16.6. The smallest absolute Gasteiger partial charge is 0.410 e. The SMILES string of the molecule is COc1cc2nn(C)cc2cc1NC(=O)c1ccc(N2CCC(N(C(=O)OC(C)(C)C)C3CC3)CC2)c(O)c1[N+](=O)[O-]. The minimum Gasteiger partial charge on any atom is -0.501 e. The standard InChI is InChI=1S/C29H36N6O7/c1-29(2,3)42-28(38)34(18-6-7-18)19-10-12-33(13-11-19)23-9-8-20(25(26(23)36)35(39)40)27(37)30-22-14-17-16-32(4)31-21(17)15-24(22)41-5/h8-9,14-16,18-19,36H,6-7,10-13H2,1-5H3,(H,30,37). The van der Waals surface area contributed by atoms with E-state index in [9.17, 15) is 24.8 Å². The maximum Gasteiger partial charge on any atom is 0.410 e. The van der Waals surface area contributed by atoms with Crippen molar-refractivity contribution in [1.29, 1.82) is 0 Å². The number of fused-ring (bicyclic) bond motifs is 1. The Morgan fingerprint density at radius 2 is 1.81 bits per heavy atom. The van der Waals surface area contributed by atoms with Crippen LogP contribution in [0.3, 0.4) is 0 Å². The van der Waals surface area contributed by atoms with Gasteiger partial charge in [-0.15, -0.1) is 0 Å². The molecule has 0 unspecified atom stereocenters. The van der Waals surface area contributed by atoms with Crippen molar-refractivity contribution in [3.63, 3.8) is 0 Å². The highest BCUT2D eigenvalue weighted by Crippen LogP contribution is 2.42. The van der Waals surface area contributed by atoms with Crippen LogP contribution in [0.15, 0.2) is 30.5 Å². The van der Waals surface area contributed by atoms with Crippen molar-refractivity contribution >= 4 is 40.0 Å². The van der Waals surface area contributed by atoms with Crippen molar-refractivity contribution in [2.45, 2.75) is 64.1 Å². The van der Waals surface area contributed by atoms with Crippen molar-refractivity contribution in [1.82, 2.24) is 14.7 Å². The molecule has 13 heteroatoms. The fourth-order valence-corrected chi connectivity index (χ4v) is 5.47. The number of nitrogens with one attached hydrogen (secondary N) is 1. The maximum absolute atomic E-state index is 13.3. The van der Waals surface area contributed by atoms with Gasteiger partial charge in [-0.25, -0.2) is 4.79 Å². The zero-order chi connectivity index (χ0) is 30.3. The molecule has 2 fully saturated rings. The topological polar surface area (TPSA) is 152 Å². The van der Waals surface area contributed by atoms with Crippen LogP contribution in [0.2, 0.25) is 0 Å². The number of piperidine rings is 1. The number of nitro benzene ring substituents is 1. The summed E-state index contributed by atoms with van der Waals surface area (Å²) < 4.78 is 12.7. The third-order valence-electron chi connectivity index (χ3n) is 7.49. The van der Waals surface area contributed by atoms with Crippen LogP contribution >= 0.6 is 0 Å². The van der Waals surface area contributed by atoms with Gasteiger partial charge in [0, 0.05) is 49.9 Å². The zero-order valence-electron chi connectivity index (χ0n) is 24.4. The lowest BCUT2D eigenvalue weighted by molar-refractivity contribution is -0.386. The number of benzene rings is 2. The van der Waals surface area contributed by atoms with Gasteiger partial charge in [0.2, 0.25) is 5.75 Å². The number of ether oxygens (including phenoxy) is 2. The summed E-state index contributed by atoms with van der Waals surface area (Å²) in [7, 11) is 3.22. The lowest BCUT2D eigenvalue weighted by atomic mass is 10.0. The first-order valence-electron chi connectivity index (χ1n) is 14.0. The summed E-state index contributed by atoms with van der Waals surface area (Å²) in [4.78, 5) is 41.2. The molecule has 0 atom stereocenters. The molecule has 1 aliphatic carbocycles. The number of carbonyl (C=O) groups is 2. The zero-order valence-corrected chi connectivity index (χ0v) is 24.4. The molecule has 0 spiro atoms. The molecule has 1 saturated carbocycles. The van der Waals surface area contributed by atoms with E-state index in [1.165, 1.54) is 19.2 Å². The minimum atomic E-state index is -0.763. The van der Waals surface area contributed by atoms with Crippen LogP contribution in [0, 0.1) is 10.1 Å². The minimum absolute atomic E-state index is 0.0297. The van der Waals surface area contributed by atoms with Crippen LogP contribution in [0.1, 0.15) is 56.8 Å². The van der Waals surface area contributed by atoms with Crippen LogP contribution in [0.5, 0.6) is 11.5 Å². The molecule has 2 aromatic carbocycles. The number of phenols is 1. The van der Waals surface area contributed by atoms with Gasteiger partial charge in [-0.1, -0.05) is 0 Å². The highest BCUT2D eigenvalue weighted by Gasteiger charge is 2.41. The second-order valence-electron chi connectivity index (χ2n) is 11.8. The predicted molar refractivity (Wildman–Crippen MR) is 156 cm³/mol. The lowest BCUT2D eigenvalue weighted by Gasteiger charge is -2.40. The first-order chi connectivity index (χ1) is 19.9. The van der Waals surface area contributed by atoms with Crippen LogP contribution in [0.25, 0.3) is 10.9 Å². The number of hydrogen-bond donors (Lipinski definition) is 2. The van der Waals surface area contributed by atoms with Crippen LogP contribution in [0.4, 0.5) is 21.9 Å². The fourth-order valence-electron chi connectivity index (χ4n) is 5.47. The predicted octanol–water partition coefficient (Wildman–Crippen LogP) is 4.82. The van der Waals surface area contributed by atoms with E-state index in [0.717, 1.165) is 18.2 Å². The maximum atomic E-state index is 13.3. The number of methoxy groups -OCH3 is 1. The van der Waals surface area contributed by atoms with Gasteiger partial charge in [0.05, 0.1) is 28.9 Å². The number of nitro groups is 1. The number of nitrogens with zero attached hydrogens (tertiary/aromatic N) is 5. The Bertz CT molecular complexity index is 1530.